The Kier molecular flexibility index (Phi) is 4.08. The van der Waals surface area contributed by atoms with Crippen molar-refractivity contribution in [2.24, 2.45) is 7.05 Å². The zero-order valence-electron chi connectivity index (χ0n) is 13.0. The van der Waals surface area contributed by atoms with Crippen LogP contribution in [0.5, 0.6) is 0 Å². The Labute approximate surface area is 138 Å². The molecule has 1 N–H and O–H groups in total. The van der Waals surface area contributed by atoms with Crippen molar-refractivity contribution in [3.8, 4) is 6.07 Å². The highest BCUT2D eigenvalue weighted by Gasteiger charge is 2.14. The van der Waals surface area contributed by atoms with Crippen molar-refractivity contribution in [1.82, 2.24) is 14.9 Å². The van der Waals surface area contributed by atoms with Crippen LogP contribution in [0.25, 0.3) is 10.9 Å². The largest absolute Gasteiger partial charge is 0.348 e. The van der Waals surface area contributed by atoms with Crippen molar-refractivity contribution in [2.45, 2.75) is 6.54 Å². The number of carbonyl (C=O) groups is 1. The van der Waals surface area contributed by atoms with Crippen molar-refractivity contribution in [1.29, 1.82) is 5.26 Å². The highest BCUT2D eigenvalue weighted by molar-refractivity contribution is 5.97. The number of carbonyl (C=O) groups excluding carboxylic acids is 1. The highest BCUT2D eigenvalue weighted by Crippen LogP contribution is 2.11. The Bertz CT molecular complexity index is 1010. The van der Waals surface area contributed by atoms with Crippen molar-refractivity contribution >= 4 is 16.8 Å². The average molecular weight is 318 g/mol. The molecule has 0 atom stereocenters. The van der Waals surface area contributed by atoms with E-state index in [9.17, 15) is 9.59 Å². The summed E-state index contributed by atoms with van der Waals surface area (Å²) in [5.41, 5.74) is 1.80. The van der Waals surface area contributed by atoms with Gasteiger partial charge < -0.3 is 9.88 Å². The number of amides is 1. The molecule has 1 amide bonds. The fraction of sp³-hybridized carbons (Fsp3) is 0.111. The number of nitriles is 1. The maximum Gasteiger partial charge on any atom is 0.263 e. The Morgan fingerprint density at radius 3 is 2.75 bits per heavy atom. The Hall–Kier alpha value is -3.46. The smallest absolute Gasteiger partial charge is 0.263 e. The number of aryl methyl sites for hydroxylation is 1. The van der Waals surface area contributed by atoms with Gasteiger partial charge in [0.15, 0.2) is 0 Å². The summed E-state index contributed by atoms with van der Waals surface area (Å²) in [5.74, 6) is -0.432. The fourth-order valence-corrected chi connectivity index (χ4v) is 2.44. The third-order valence-electron chi connectivity index (χ3n) is 3.81. The first-order chi connectivity index (χ1) is 11.6. The number of rotatable bonds is 3. The number of pyridine rings is 2. The fourth-order valence-electron chi connectivity index (χ4n) is 2.44. The Balaban J connectivity index is 1.84. The number of nitrogens with zero attached hydrogens (tertiary/aromatic N) is 3. The lowest BCUT2D eigenvalue weighted by molar-refractivity contribution is 0.0949. The molecule has 24 heavy (non-hydrogen) atoms. The lowest BCUT2D eigenvalue weighted by Gasteiger charge is -2.09. The second kappa shape index (κ2) is 6.34. The van der Waals surface area contributed by atoms with Crippen LogP contribution in [-0.4, -0.2) is 15.5 Å². The molecule has 0 unspecified atom stereocenters. The molecule has 0 saturated heterocycles. The molecule has 0 aliphatic rings. The van der Waals surface area contributed by atoms with Crippen molar-refractivity contribution in [3.05, 3.63) is 75.8 Å². The van der Waals surface area contributed by atoms with Crippen LogP contribution in [0, 0.1) is 11.3 Å². The lowest BCUT2D eigenvalue weighted by atomic mass is 10.1. The number of nitrogens with one attached hydrogen (secondary N) is 1. The van der Waals surface area contributed by atoms with Crippen LogP contribution in [0.3, 0.4) is 0 Å². The highest BCUT2D eigenvalue weighted by atomic mass is 16.2. The van der Waals surface area contributed by atoms with Gasteiger partial charge in [-0.2, -0.15) is 5.26 Å². The molecular formula is C18H14N4O2. The zero-order valence-corrected chi connectivity index (χ0v) is 13.0. The molecule has 0 aliphatic carbocycles. The first-order valence-corrected chi connectivity index (χ1v) is 7.31. The maximum absolute atomic E-state index is 12.4. The quantitative estimate of drug-likeness (QED) is 0.796. The van der Waals surface area contributed by atoms with E-state index in [0.29, 0.717) is 11.1 Å². The molecule has 0 radical (unpaired) electrons. The zero-order chi connectivity index (χ0) is 17.1. The van der Waals surface area contributed by atoms with Gasteiger partial charge in [-0.25, -0.2) is 0 Å². The molecule has 3 rings (SSSR count). The molecule has 2 aromatic heterocycles. The van der Waals surface area contributed by atoms with E-state index in [1.54, 1.807) is 55.8 Å². The molecule has 118 valence electrons. The monoisotopic (exact) mass is 318 g/mol. The van der Waals surface area contributed by atoms with Gasteiger partial charge >= 0.3 is 0 Å². The minimum atomic E-state index is -0.432. The predicted octanol–water partition coefficient (Wildman–Crippen LogP) is 1.74. The van der Waals surface area contributed by atoms with E-state index >= 15 is 0 Å². The summed E-state index contributed by atoms with van der Waals surface area (Å²) in [6, 6.07) is 12.3. The van der Waals surface area contributed by atoms with E-state index in [-0.39, 0.29) is 17.7 Å². The van der Waals surface area contributed by atoms with E-state index in [4.69, 9.17) is 5.26 Å². The molecule has 0 aliphatic heterocycles. The molecule has 1 aromatic carbocycles. The summed E-state index contributed by atoms with van der Waals surface area (Å²) in [6.07, 6.45) is 3.21. The summed E-state index contributed by atoms with van der Waals surface area (Å²) in [4.78, 5) is 28.7. The van der Waals surface area contributed by atoms with Crippen LogP contribution < -0.4 is 10.9 Å². The summed E-state index contributed by atoms with van der Waals surface area (Å²) in [7, 11) is 1.61. The summed E-state index contributed by atoms with van der Waals surface area (Å²) < 4.78 is 1.42. The van der Waals surface area contributed by atoms with Crippen LogP contribution in [-0.2, 0) is 13.6 Å². The minimum Gasteiger partial charge on any atom is -0.348 e. The first-order valence-electron chi connectivity index (χ1n) is 7.31. The van der Waals surface area contributed by atoms with Crippen LogP contribution in [0.15, 0.2) is 53.6 Å². The van der Waals surface area contributed by atoms with Gasteiger partial charge in [0.25, 0.3) is 11.5 Å². The van der Waals surface area contributed by atoms with Gasteiger partial charge in [0, 0.05) is 25.2 Å². The molecule has 6 heteroatoms. The van der Waals surface area contributed by atoms with Crippen LogP contribution >= 0.6 is 0 Å². The predicted molar refractivity (Wildman–Crippen MR) is 89.3 cm³/mol. The van der Waals surface area contributed by atoms with Crippen molar-refractivity contribution in [2.75, 3.05) is 0 Å². The number of hydrogen-bond donors (Lipinski definition) is 1. The minimum absolute atomic E-state index is 0.0878. The van der Waals surface area contributed by atoms with E-state index in [0.717, 1.165) is 10.9 Å². The van der Waals surface area contributed by atoms with Crippen LogP contribution in [0.2, 0.25) is 0 Å². The number of aromatic nitrogens is 2. The van der Waals surface area contributed by atoms with Gasteiger partial charge in [-0.1, -0.05) is 12.1 Å². The van der Waals surface area contributed by atoms with Gasteiger partial charge in [-0.3, -0.25) is 14.6 Å². The molecule has 6 nitrogen and oxygen atoms in total. The molecule has 0 spiro atoms. The Morgan fingerprint density at radius 2 is 2.04 bits per heavy atom. The third kappa shape index (κ3) is 2.88. The van der Waals surface area contributed by atoms with Crippen molar-refractivity contribution in [3.63, 3.8) is 0 Å². The number of fused-ring (bicyclic) bond motifs is 1. The van der Waals surface area contributed by atoms with Gasteiger partial charge in [-0.15, -0.1) is 0 Å². The van der Waals surface area contributed by atoms with Crippen LogP contribution in [0.1, 0.15) is 21.5 Å². The summed E-state index contributed by atoms with van der Waals surface area (Å²) >= 11 is 0. The van der Waals surface area contributed by atoms with E-state index in [2.05, 4.69) is 10.3 Å². The SMILES string of the molecule is Cn1c(=O)c(C(=O)NCc2ccc(C#N)cc2)cc2ccncc21. The molecule has 2 heterocycles. The maximum atomic E-state index is 12.4. The number of benzene rings is 1. The standard InChI is InChI=1S/C18H14N4O2/c1-22-16-11-20-7-6-14(16)8-15(18(22)24)17(23)21-10-13-4-2-12(9-19)3-5-13/h2-8,11H,10H2,1H3,(H,21,23). The van der Waals surface area contributed by atoms with Gasteiger partial charge in [0.2, 0.25) is 0 Å². The van der Waals surface area contributed by atoms with Gasteiger partial charge in [0.1, 0.15) is 5.56 Å². The molecule has 0 fully saturated rings. The normalized spacial score (nSPS) is 10.3. The second-order valence-corrected chi connectivity index (χ2v) is 5.35. The van der Waals surface area contributed by atoms with Crippen molar-refractivity contribution < 1.29 is 4.79 Å². The average Bonchev–Trinajstić information content (AvgIpc) is 2.63. The molecular weight excluding hydrogens is 304 g/mol. The third-order valence-corrected chi connectivity index (χ3v) is 3.81. The van der Waals surface area contributed by atoms with Gasteiger partial charge in [0.05, 0.1) is 23.3 Å². The van der Waals surface area contributed by atoms with E-state index in [1.165, 1.54) is 4.57 Å². The molecule has 3 aromatic rings. The van der Waals surface area contributed by atoms with Crippen LogP contribution in [0.4, 0.5) is 0 Å². The summed E-state index contributed by atoms with van der Waals surface area (Å²) in [6.45, 7) is 0.280. The lowest BCUT2D eigenvalue weighted by Crippen LogP contribution is -2.32. The van der Waals surface area contributed by atoms with E-state index in [1.807, 2.05) is 6.07 Å². The molecule has 0 bridgehead atoms. The summed E-state index contributed by atoms with van der Waals surface area (Å²) in [5, 5.41) is 12.3. The topological polar surface area (TPSA) is 87.8 Å². The number of hydrogen-bond acceptors (Lipinski definition) is 4. The Morgan fingerprint density at radius 1 is 1.29 bits per heavy atom. The molecule has 0 saturated carbocycles. The second-order valence-electron chi connectivity index (χ2n) is 5.35. The first kappa shape index (κ1) is 15.4. The van der Waals surface area contributed by atoms with E-state index < -0.39 is 5.91 Å². The van der Waals surface area contributed by atoms with Gasteiger partial charge in [-0.05, 0) is 29.8 Å².